The van der Waals surface area contributed by atoms with Gasteiger partial charge in [0, 0.05) is 55.3 Å². The number of hydrogen-bond acceptors (Lipinski definition) is 8. The van der Waals surface area contributed by atoms with Crippen LogP contribution in [0.15, 0.2) is 47.4 Å². The molecule has 230 valence electrons. The maximum atomic E-state index is 14.2. The van der Waals surface area contributed by atoms with Gasteiger partial charge in [-0.2, -0.15) is 15.2 Å². The number of benzene rings is 2. The van der Waals surface area contributed by atoms with Gasteiger partial charge < -0.3 is 20.1 Å². The number of ether oxygens (including phenoxy) is 2. The van der Waals surface area contributed by atoms with Gasteiger partial charge in [-0.05, 0) is 56.5 Å². The fourth-order valence-corrected chi connectivity index (χ4v) is 7.10. The highest BCUT2D eigenvalue weighted by molar-refractivity contribution is 6.38. The number of hydrogen-bond donors (Lipinski definition) is 1. The molecule has 0 saturated carbocycles. The van der Waals surface area contributed by atoms with Crippen molar-refractivity contribution in [2.45, 2.75) is 51.9 Å². The highest BCUT2D eigenvalue weighted by Gasteiger charge is 2.48. The minimum Gasteiger partial charge on any atom is -0.497 e. The van der Waals surface area contributed by atoms with Gasteiger partial charge in [0.25, 0.3) is 5.56 Å². The lowest BCUT2D eigenvalue weighted by atomic mass is 9.73. The van der Waals surface area contributed by atoms with Crippen LogP contribution in [-0.2, 0) is 24.9 Å². The van der Waals surface area contributed by atoms with E-state index in [1.54, 1.807) is 18.7 Å². The number of nitrogens with zero attached hydrogens (tertiary/aromatic N) is 7. The minimum atomic E-state index is -0.170. The van der Waals surface area contributed by atoms with Crippen molar-refractivity contribution < 1.29 is 9.47 Å². The molecule has 2 atom stereocenters. The molecule has 2 N–H and O–H groups in total. The Kier molecular flexibility index (Phi) is 7.14. The van der Waals surface area contributed by atoms with E-state index in [2.05, 4.69) is 10.00 Å². The van der Waals surface area contributed by atoms with Crippen LogP contribution in [-0.4, -0.2) is 68.1 Å². The van der Waals surface area contributed by atoms with Crippen molar-refractivity contribution in [1.29, 1.82) is 0 Å². The maximum absolute atomic E-state index is 14.2. The number of halogens is 1. The third-order valence-electron chi connectivity index (χ3n) is 9.59. The van der Waals surface area contributed by atoms with E-state index < -0.39 is 0 Å². The number of aryl methyl sites for hydroxylation is 1. The van der Waals surface area contributed by atoms with Crippen molar-refractivity contribution in [3.05, 3.63) is 63.5 Å². The zero-order chi connectivity index (χ0) is 30.7. The molecule has 11 nitrogen and oxygen atoms in total. The van der Waals surface area contributed by atoms with Crippen LogP contribution in [0.25, 0.3) is 33.2 Å². The minimum absolute atomic E-state index is 0.00615. The zero-order valence-electron chi connectivity index (χ0n) is 25.5. The molecule has 0 amide bonds. The van der Waals surface area contributed by atoms with E-state index in [9.17, 15) is 4.79 Å². The molecule has 5 heterocycles. The number of piperidine rings is 1. The van der Waals surface area contributed by atoms with Crippen molar-refractivity contribution >= 4 is 39.5 Å². The number of anilines is 1. The van der Waals surface area contributed by atoms with Crippen LogP contribution < -0.4 is 20.9 Å². The highest BCUT2D eigenvalue weighted by atomic mass is 35.5. The topological polar surface area (TPSA) is 118 Å². The fourth-order valence-electron chi connectivity index (χ4n) is 6.81. The van der Waals surface area contributed by atoms with E-state index >= 15 is 0 Å². The van der Waals surface area contributed by atoms with Gasteiger partial charge in [-0.3, -0.25) is 18.7 Å². The van der Waals surface area contributed by atoms with Gasteiger partial charge in [0.1, 0.15) is 11.1 Å². The van der Waals surface area contributed by atoms with Crippen LogP contribution in [0.2, 0.25) is 5.02 Å². The molecule has 0 aliphatic carbocycles. The van der Waals surface area contributed by atoms with Crippen LogP contribution in [0.4, 0.5) is 5.95 Å². The molecule has 1 spiro atoms. The Morgan fingerprint density at radius 3 is 2.55 bits per heavy atom. The molecule has 5 aromatic rings. The first kappa shape index (κ1) is 28.8. The summed E-state index contributed by atoms with van der Waals surface area (Å²) in [5.41, 5.74) is 9.88. The predicted molar refractivity (Wildman–Crippen MR) is 172 cm³/mol. The smallest absolute Gasteiger partial charge is 0.266 e. The lowest BCUT2D eigenvalue weighted by molar-refractivity contribution is 0.0973. The first-order valence-electron chi connectivity index (χ1n) is 15.1. The number of nitrogens with two attached hydrogens (primary N) is 1. The summed E-state index contributed by atoms with van der Waals surface area (Å²) in [5.74, 6) is 1.37. The summed E-state index contributed by atoms with van der Waals surface area (Å²) >= 11 is 7.08. The van der Waals surface area contributed by atoms with Crippen molar-refractivity contribution in [2.24, 2.45) is 18.2 Å². The second-order valence-electron chi connectivity index (χ2n) is 12.1. The largest absolute Gasteiger partial charge is 0.497 e. The summed E-state index contributed by atoms with van der Waals surface area (Å²) in [6.45, 7) is 7.36. The summed E-state index contributed by atoms with van der Waals surface area (Å²) in [7, 11) is 3.42. The predicted octanol–water partition coefficient (Wildman–Crippen LogP) is 4.21. The number of fused-ring (bicyclic) bond motifs is 2. The Morgan fingerprint density at radius 2 is 1.89 bits per heavy atom. The van der Waals surface area contributed by atoms with Gasteiger partial charge in [-0.1, -0.05) is 23.7 Å². The van der Waals surface area contributed by atoms with E-state index in [4.69, 9.17) is 36.9 Å². The Morgan fingerprint density at radius 1 is 1.14 bits per heavy atom. The molecule has 2 aliphatic rings. The zero-order valence-corrected chi connectivity index (χ0v) is 26.2. The van der Waals surface area contributed by atoms with Crippen LogP contribution >= 0.6 is 11.6 Å². The van der Waals surface area contributed by atoms with Gasteiger partial charge in [0.05, 0.1) is 42.6 Å². The Bertz CT molecular complexity index is 1920. The number of rotatable bonds is 6. The first-order valence-corrected chi connectivity index (χ1v) is 15.5. The molecule has 2 saturated heterocycles. The highest BCUT2D eigenvalue weighted by Crippen LogP contribution is 2.42. The van der Waals surface area contributed by atoms with E-state index in [1.165, 1.54) is 0 Å². The molecule has 7 rings (SSSR count). The summed E-state index contributed by atoms with van der Waals surface area (Å²) in [5, 5.41) is 11.3. The molecule has 3 aromatic heterocycles. The summed E-state index contributed by atoms with van der Waals surface area (Å²) in [4.78, 5) is 21.4. The molecule has 0 bridgehead atoms. The first-order chi connectivity index (χ1) is 21.2. The molecule has 0 unspecified atom stereocenters. The second-order valence-corrected chi connectivity index (χ2v) is 12.4. The van der Waals surface area contributed by atoms with Crippen LogP contribution in [0.1, 0.15) is 32.3 Å². The summed E-state index contributed by atoms with van der Waals surface area (Å²) in [6.07, 6.45) is 3.75. The molecular formula is C32H37ClN8O3. The van der Waals surface area contributed by atoms with Gasteiger partial charge in [0.2, 0.25) is 5.95 Å². The lowest BCUT2D eigenvalue weighted by Gasteiger charge is -2.41. The lowest BCUT2D eigenvalue weighted by Crippen LogP contribution is -2.51. The van der Waals surface area contributed by atoms with Crippen LogP contribution in [0.3, 0.4) is 0 Å². The normalized spacial score (nSPS) is 19.9. The van der Waals surface area contributed by atoms with Crippen LogP contribution in [0, 0.1) is 5.41 Å². The Balaban J connectivity index is 1.35. The molecule has 0 radical (unpaired) electrons. The fraction of sp³-hybridized carbons (Fsp3) is 0.438. The SMILES string of the molecule is CCn1cc2c(Cl)c(-c3c4c(=O)n(C)c(N5CCC6(CC5)CO[C@@H](C)[C@H]6N)nc4nn3Cc3ccc(OC)cc3)ccc2n1. The second kappa shape index (κ2) is 10.9. The third kappa shape index (κ3) is 4.56. The monoisotopic (exact) mass is 616 g/mol. The van der Waals surface area contributed by atoms with Crippen molar-refractivity contribution in [3.8, 4) is 17.0 Å². The van der Waals surface area contributed by atoms with E-state index in [-0.39, 0.29) is 23.1 Å². The standard InChI is InChI=1S/C32H37ClN8O3/c1-5-40-17-23-24(36-40)11-10-22(26(23)33)27-25-29(37-41(27)16-20-6-8-21(43-4)9-7-20)35-31(38(3)30(25)42)39-14-12-32(13-15-39)18-44-19(2)28(32)34/h6-11,17,19,28H,5,12-16,18,34H2,1-4H3/t19-,28+/m0/s1. The molecule has 2 aromatic carbocycles. The van der Waals surface area contributed by atoms with E-state index in [0.29, 0.717) is 46.4 Å². The van der Waals surface area contributed by atoms with Crippen LogP contribution in [0.5, 0.6) is 5.75 Å². The average Bonchev–Trinajstić information content (AvgIpc) is 3.71. The molecular weight excluding hydrogens is 580 g/mol. The summed E-state index contributed by atoms with van der Waals surface area (Å²) < 4.78 is 16.6. The van der Waals surface area contributed by atoms with E-state index in [1.807, 2.05) is 65.8 Å². The summed E-state index contributed by atoms with van der Waals surface area (Å²) in [6, 6.07) is 11.7. The van der Waals surface area contributed by atoms with Gasteiger partial charge in [-0.25, -0.2) is 0 Å². The van der Waals surface area contributed by atoms with Gasteiger partial charge >= 0.3 is 0 Å². The average molecular weight is 617 g/mol. The molecule has 44 heavy (non-hydrogen) atoms. The van der Waals surface area contributed by atoms with Crippen molar-refractivity contribution in [1.82, 2.24) is 29.1 Å². The maximum Gasteiger partial charge on any atom is 0.266 e. The number of aromatic nitrogens is 6. The molecule has 12 heteroatoms. The number of methoxy groups -OCH3 is 1. The third-order valence-corrected chi connectivity index (χ3v) is 10.00. The quantitative estimate of drug-likeness (QED) is 0.301. The van der Waals surface area contributed by atoms with Crippen molar-refractivity contribution in [3.63, 3.8) is 0 Å². The molecule has 2 aliphatic heterocycles. The Hall–Kier alpha value is -3.93. The van der Waals surface area contributed by atoms with Crippen molar-refractivity contribution in [2.75, 3.05) is 31.7 Å². The molecule has 2 fully saturated rings. The van der Waals surface area contributed by atoms with Gasteiger partial charge in [0.15, 0.2) is 5.65 Å². The Labute approximate surface area is 260 Å². The van der Waals surface area contributed by atoms with E-state index in [0.717, 1.165) is 54.7 Å². The van der Waals surface area contributed by atoms with Gasteiger partial charge in [-0.15, -0.1) is 0 Å².